The SMILES string of the molecule is NCC1(CC(=O)NCC2CCOCC2)CCCCC1. The van der Waals surface area contributed by atoms with Crippen LogP contribution in [-0.4, -0.2) is 32.2 Å². The molecular formula is C15H28N2O2. The van der Waals surface area contributed by atoms with Crippen LogP contribution < -0.4 is 11.1 Å². The zero-order chi connectivity index (χ0) is 13.6. The Labute approximate surface area is 116 Å². The molecule has 0 aromatic heterocycles. The first kappa shape index (κ1) is 14.8. The number of amides is 1. The van der Waals surface area contributed by atoms with Gasteiger partial charge in [0.25, 0.3) is 0 Å². The molecule has 4 nitrogen and oxygen atoms in total. The van der Waals surface area contributed by atoms with Gasteiger partial charge in [-0.05, 0) is 43.6 Å². The van der Waals surface area contributed by atoms with Gasteiger partial charge in [0.15, 0.2) is 0 Å². The minimum Gasteiger partial charge on any atom is -0.381 e. The fraction of sp³-hybridized carbons (Fsp3) is 0.933. The molecule has 1 aliphatic heterocycles. The first-order chi connectivity index (χ1) is 9.24. The van der Waals surface area contributed by atoms with Gasteiger partial charge in [-0.1, -0.05) is 19.3 Å². The van der Waals surface area contributed by atoms with Crippen molar-refractivity contribution in [2.75, 3.05) is 26.3 Å². The molecule has 19 heavy (non-hydrogen) atoms. The molecule has 110 valence electrons. The average Bonchev–Trinajstić information content (AvgIpc) is 2.47. The van der Waals surface area contributed by atoms with Crippen LogP contribution in [0.1, 0.15) is 51.4 Å². The second-order valence-corrected chi connectivity index (χ2v) is 6.30. The molecule has 2 fully saturated rings. The van der Waals surface area contributed by atoms with Crippen molar-refractivity contribution in [2.45, 2.75) is 51.4 Å². The summed E-state index contributed by atoms with van der Waals surface area (Å²) >= 11 is 0. The number of carbonyl (C=O) groups excluding carboxylic acids is 1. The Balaban J connectivity index is 1.72. The van der Waals surface area contributed by atoms with E-state index in [-0.39, 0.29) is 11.3 Å². The van der Waals surface area contributed by atoms with Crippen molar-refractivity contribution in [1.82, 2.24) is 5.32 Å². The molecule has 2 aliphatic rings. The Bertz CT molecular complexity index is 282. The van der Waals surface area contributed by atoms with Crippen molar-refractivity contribution >= 4 is 5.91 Å². The van der Waals surface area contributed by atoms with Crippen LogP contribution in [0.3, 0.4) is 0 Å². The third kappa shape index (κ3) is 4.46. The average molecular weight is 268 g/mol. The summed E-state index contributed by atoms with van der Waals surface area (Å²) in [6, 6.07) is 0. The quantitative estimate of drug-likeness (QED) is 0.799. The maximum atomic E-state index is 12.1. The van der Waals surface area contributed by atoms with E-state index in [4.69, 9.17) is 10.5 Å². The lowest BCUT2D eigenvalue weighted by Crippen LogP contribution is -2.40. The highest BCUT2D eigenvalue weighted by molar-refractivity contribution is 5.76. The van der Waals surface area contributed by atoms with Crippen LogP contribution in [0, 0.1) is 11.3 Å². The zero-order valence-electron chi connectivity index (χ0n) is 12.0. The van der Waals surface area contributed by atoms with Crippen LogP contribution in [0.2, 0.25) is 0 Å². The van der Waals surface area contributed by atoms with E-state index in [1.165, 1.54) is 19.3 Å². The Morgan fingerprint density at radius 2 is 1.89 bits per heavy atom. The van der Waals surface area contributed by atoms with Gasteiger partial charge in [-0.15, -0.1) is 0 Å². The number of nitrogens with two attached hydrogens (primary N) is 1. The van der Waals surface area contributed by atoms with E-state index in [2.05, 4.69) is 5.32 Å². The van der Waals surface area contributed by atoms with Crippen molar-refractivity contribution in [3.05, 3.63) is 0 Å². The molecule has 2 rings (SSSR count). The van der Waals surface area contributed by atoms with Gasteiger partial charge in [0.1, 0.15) is 0 Å². The van der Waals surface area contributed by atoms with Crippen molar-refractivity contribution in [2.24, 2.45) is 17.1 Å². The first-order valence-electron chi connectivity index (χ1n) is 7.79. The minimum absolute atomic E-state index is 0.0814. The van der Waals surface area contributed by atoms with Gasteiger partial charge >= 0.3 is 0 Å². The number of hydrogen-bond donors (Lipinski definition) is 2. The fourth-order valence-electron chi connectivity index (χ4n) is 3.37. The van der Waals surface area contributed by atoms with Crippen molar-refractivity contribution in [3.8, 4) is 0 Å². The van der Waals surface area contributed by atoms with E-state index in [1.54, 1.807) is 0 Å². The third-order valence-corrected chi connectivity index (χ3v) is 4.81. The Morgan fingerprint density at radius 1 is 1.21 bits per heavy atom. The van der Waals surface area contributed by atoms with Gasteiger partial charge in [0.05, 0.1) is 0 Å². The van der Waals surface area contributed by atoms with Crippen LogP contribution in [0.4, 0.5) is 0 Å². The molecule has 1 aliphatic carbocycles. The fourth-order valence-corrected chi connectivity index (χ4v) is 3.37. The second kappa shape index (κ2) is 7.25. The smallest absolute Gasteiger partial charge is 0.220 e. The lowest BCUT2D eigenvalue weighted by Gasteiger charge is -2.35. The maximum absolute atomic E-state index is 12.1. The summed E-state index contributed by atoms with van der Waals surface area (Å²) in [7, 11) is 0. The van der Waals surface area contributed by atoms with Crippen LogP contribution in [0.25, 0.3) is 0 Å². The predicted molar refractivity (Wildman–Crippen MR) is 75.7 cm³/mol. The largest absolute Gasteiger partial charge is 0.381 e. The molecule has 1 amide bonds. The van der Waals surface area contributed by atoms with Crippen molar-refractivity contribution < 1.29 is 9.53 Å². The van der Waals surface area contributed by atoms with Crippen molar-refractivity contribution in [3.63, 3.8) is 0 Å². The van der Waals surface area contributed by atoms with Gasteiger partial charge in [-0.2, -0.15) is 0 Å². The van der Waals surface area contributed by atoms with Gasteiger partial charge in [-0.25, -0.2) is 0 Å². The molecule has 1 saturated carbocycles. The molecule has 0 spiro atoms. The summed E-state index contributed by atoms with van der Waals surface area (Å²) in [6.07, 6.45) is 8.75. The molecule has 0 aromatic carbocycles. The lowest BCUT2D eigenvalue weighted by molar-refractivity contribution is -0.124. The molecule has 1 heterocycles. The monoisotopic (exact) mass is 268 g/mol. The van der Waals surface area contributed by atoms with E-state index in [0.29, 0.717) is 18.9 Å². The summed E-state index contributed by atoms with van der Waals surface area (Å²) < 4.78 is 5.33. The minimum atomic E-state index is 0.0814. The van der Waals surface area contributed by atoms with E-state index in [0.717, 1.165) is 45.4 Å². The predicted octanol–water partition coefficient (Wildman–Crippen LogP) is 1.83. The number of rotatable bonds is 5. The van der Waals surface area contributed by atoms with Gasteiger partial charge < -0.3 is 15.8 Å². The van der Waals surface area contributed by atoms with Crippen LogP contribution >= 0.6 is 0 Å². The molecule has 0 radical (unpaired) electrons. The summed E-state index contributed by atoms with van der Waals surface area (Å²) in [6.45, 7) is 3.14. The highest BCUT2D eigenvalue weighted by Crippen LogP contribution is 2.38. The highest BCUT2D eigenvalue weighted by Gasteiger charge is 2.33. The summed E-state index contributed by atoms with van der Waals surface area (Å²) in [4.78, 5) is 12.1. The normalized spacial score (nSPS) is 24.1. The van der Waals surface area contributed by atoms with E-state index >= 15 is 0 Å². The first-order valence-corrected chi connectivity index (χ1v) is 7.79. The van der Waals surface area contributed by atoms with Gasteiger partial charge in [0, 0.05) is 26.2 Å². The zero-order valence-corrected chi connectivity index (χ0v) is 12.0. The van der Waals surface area contributed by atoms with Gasteiger partial charge in [0.2, 0.25) is 5.91 Å². The standard InChI is InChI=1S/C15H28N2O2/c16-12-15(6-2-1-3-7-15)10-14(18)17-11-13-4-8-19-9-5-13/h13H,1-12,16H2,(H,17,18). The third-order valence-electron chi connectivity index (χ3n) is 4.81. The molecule has 3 N–H and O–H groups in total. The number of nitrogens with one attached hydrogen (secondary N) is 1. The van der Waals surface area contributed by atoms with Gasteiger partial charge in [-0.3, -0.25) is 4.79 Å². The molecule has 0 aromatic rings. The topological polar surface area (TPSA) is 64.4 Å². The second-order valence-electron chi connectivity index (χ2n) is 6.30. The molecule has 0 atom stereocenters. The van der Waals surface area contributed by atoms with Crippen LogP contribution in [0.5, 0.6) is 0 Å². The Hall–Kier alpha value is -0.610. The van der Waals surface area contributed by atoms with E-state index in [1.807, 2.05) is 0 Å². The maximum Gasteiger partial charge on any atom is 0.220 e. The summed E-state index contributed by atoms with van der Waals surface area (Å²) in [5.74, 6) is 0.789. The van der Waals surface area contributed by atoms with E-state index < -0.39 is 0 Å². The lowest BCUT2D eigenvalue weighted by atomic mass is 9.71. The van der Waals surface area contributed by atoms with Crippen molar-refractivity contribution in [1.29, 1.82) is 0 Å². The summed E-state index contributed by atoms with van der Waals surface area (Å²) in [5.41, 5.74) is 6.01. The Morgan fingerprint density at radius 3 is 2.53 bits per heavy atom. The highest BCUT2D eigenvalue weighted by atomic mass is 16.5. The van der Waals surface area contributed by atoms with Crippen LogP contribution in [-0.2, 0) is 9.53 Å². The van der Waals surface area contributed by atoms with Crippen LogP contribution in [0.15, 0.2) is 0 Å². The number of hydrogen-bond acceptors (Lipinski definition) is 3. The Kier molecular flexibility index (Phi) is 5.64. The molecule has 1 saturated heterocycles. The molecular weight excluding hydrogens is 240 g/mol. The number of ether oxygens (including phenoxy) is 1. The number of carbonyl (C=O) groups is 1. The molecule has 4 heteroatoms. The molecule has 0 bridgehead atoms. The van der Waals surface area contributed by atoms with E-state index in [9.17, 15) is 4.79 Å². The molecule has 0 unspecified atom stereocenters. The summed E-state index contributed by atoms with van der Waals surface area (Å²) in [5, 5.41) is 3.11.